The number of esters is 1. The first-order chi connectivity index (χ1) is 20.6. The van der Waals surface area contributed by atoms with E-state index in [0.717, 1.165) is 11.1 Å². The predicted molar refractivity (Wildman–Crippen MR) is 164 cm³/mol. The van der Waals surface area contributed by atoms with Gasteiger partial charge in [0.15, 0.2) is 0 Å². The number of nitrogens with zero attached hydrogens (tertiary/aromatic N) is 2. The Morgan fingerprint density at radius 2 is 1.60 bits per heavy atom. The van der Waals surface area contributed by atoms with Crippen LogP contribution in [0.15, 0.2) is 117 Å². The van der Waals surface area contributed by atoms with E-state index in [1.54, 1.807) is 72.5 Å². The van der Waals surface area contributed by atoms with Crippen LogP contribution >= 0.6 is 11.6 Å². The maximum absolute atomic E-state index is 13.8. The number of sulfonamides is 1. The molecule has 1 aliphatic heterocycles. The number of allylic oxidation sites excluding steroid dienone is 2. The average molecular weight is 617 g/mol. The topological polar surface area (TPSA) is 97.1 Å². The third-order valence-electron chi connectivity index (χ3n) is 7.03. The van der Waals surface area contributed by atoms with E-state index in [0.29, 0.717) is 27.9 Å². The van der Waals surface area contributed by atoms with E-state index in [4.69, 9.17) is 20.8 Å². The van der Waals surface area contributed by atoms with E-state index in [1.165, 1.54) is 17.5 Å². The van der Waals surface area contributed by atoms with Gasteiger partial charge in [-0.2, -0.15) is 4.31 Å². The van der Waals surface area contributed by atoms with Gasteiger partial charge in [0.05, 0.1) is 24.2 Å². The molecule has 0 fully saturated rings. The maximum atomic E-state index is 13.8. The summed E-state index contributed by atoms with van der Waals surface area (Å²) >= 11 is 6.05. The van der Waals surface area contributed by atoms with Crippen molar-refractivity contribution in [1.29, 1.82) is 0 Å². The van der Waals surface area contributed by atoms with Crippen LogP contribution in [-0.2, 0) is 37.4 Å². The largest absolute Gasteiger partial charge is 0.465 e. The Balaban J connectivity index is 1.49. The van der Waals surface area contributed by atoms with E-state index in [2.05, 4.69) is 0 Å². The van der Waals surface area contributed by atoms with E-state index in [9.17, 15) is 18.0 Å². The number of ether oxygens (including phenoxy) is 1. The highest BCUT2D eigenvalue weighted by Crippen LogP contribution is 2.36. The van der Waals surface area contributed by atoms with Crippen LogP contribution in [0.4, 0.5) is 5.69 Å². The quantitative estimate of drug-likeness (QED) is 0.120. The van der Waals surface area contributed by atoms with Crippen molar-refractivity contribution in [2.75, 3.05) is 12.0 Å². The van der Waals surface area contributed by atoms with Crippen molar-refractivity contribution in [2.45, 2.75) is 31.8 Å². The zero-order chi connectivity index (χ0) is 30.7. The summed E-state index contributed by atoms with van der Waals surface area (Å²) in [5.74, 6) is -0.549. The van der Waals surface area contributed by atoms with Crippen molar-refractivity contribution in [2.24, 2.45) is 0 Å². The Morgan fingerprint density at radius 1 is 0.930 bits per heavy atom. The van der Waals surface area contributed by atoms with Crippen molar-refractivity contribution >= 4 is 45.1 Å². The molecule has 1 aliphatic rings. The highest BCUT2D eigenvalue weighted by Gasteiger charge is 2.38. The lowest BCUT2D eigenvalue weighted by atomic mass is 10.1. The van der Waals surface area contributed by atoms with Gasteiger partial charge in [-0.3, -0.25) is 4.79 Å². The number of hydrogen-bond acceptors (Lipinski definition) is 7. The number of ketones is 1. The van der Waals surface area contributed by atoms with Crippen LogP contribution in [0.1, 0.15) is 29.6 Å². The van der Waals surface area contributed by atoms with Crippen molar-refractivity contribution in [3.63, 3.8) is 0 Å². The van der Waals surface area contributed by atoms with E-state index in [1.807, 2.05) is 37.3 Å². The molecule has 10 heteroatoms. The monoisotopic (exact) mass is 616 g/mol. The smallest absolute Gasteiger partial charge is 0.343 e. The van der Waals surface area contributed by atoms with E-state index in [-0.39, 0.29) is 29.3 Å². The van der Waals surface area contributed by atoms with Gasteiger partial charge in [-0.25, -0.2) is 13.2 Å². The van der Waals surface area contributed by atoms with Crippen LogP contribution in [-0.4, -0.2) is 31.6 Å². The summed E-state index contributed by atoms with van der Waals surface area (Å²) in [6.07, 6.45) is 1.54. The van der Waals surface area contributed by atoms with Crippen LogP contribution in [0, 0.1) is 6.92 Å². The molecular formula is C33H29ClN2O6S. The summed E-state index contributed by atoms with van der Waals surface area (Å²) in [5.41, 5.74) is 2.94. The molecule has 2 heterocycles. The molecule has 4 aromatic rings. The zero-order valence-corrected chi connectivity index (χ0v) is 25.4. The van der Waals surface area contributed by atoms with Crippen LogP contribution in [0.5, 0.6) is 0 Å². The molecule has 0 unspecified atom stereocenters. The highest BCUT2D eigenvalue weighted by molar-refractivity contribution is 7.89. The van der Waals surface area contributed by atoms with Crippen molar-refractivity contribution < 1.29 is 27.2 Å². The van der Waals surface area contributed by atoms with Gasteiger partial charge in [-0.05, 0) is 67.9 Å². The predicted octanol–water partition coefficient (Wildman–Crippen LogP) is 6.51. The molecule has 0 saturated heterocycles. The van der Waals surface area contributed by atoms with E-state index < -0.39 is 21.8 Å². The number of anilines is 1. The molecule has 0 atom stereocenters. The molecule has 43 heavy (non-hydrogen) atoms. The Labute approximate surface area is 255 Å². The number of benzene rings is 3. The first-order valence-electron chi connectivity index (χ1n) is 13.4. The summed E-state index contributed by atoms with van der Waals surface area (Å²) in [5, 5.41) is 0.548. The number of methoxy groups -OCH3 is 1. The number of carbonyl (C=O) groups excluding carboxylic acids is 2. The molecule has 8 nitrogen and oxygen atoms in total. The van der Waals surface area contributed by atoms with Crippen LogP contribution in [0.2, 0.25) is 5.02 Å². The van der Waals surface area contributed by atoms with Gasteiger partial charge < -0.3 is 14.1 Å². The lowest BCUT2D eigenvalue weighted by molar-refractivity contribution is -0.137. The first-order valence-corrected chi connectivity index (χ1v) is 15.2. The number of para-hydroxylation sites is 1. The molecule has 0 radical (unpaired) electrons. The summed E-state index contributed by atoms with van der Waals surface area (Å²) in [6, 6.07) is 26.1. The third kappa shape index (κ3) is 6.34. The van der Waals surface area contributed by atoms with Gasteiger partial charge in [-0.1, -0.05) is 59.6 Å². The molecule has 5 rings (SSSR count). The minimum Gasteiger partial charge on any atom is -0.465 e. The maximum Gasteiger partial charge on any atom is 0.343 e. The summed E-state index contributed by atoms with van der Waals surface area (Å²) in [4.78, 5) is 27.7. The third-order valence-corrected chi connectivity index (χ3v) is 9.08. The molecule has 0 bridgehead atoms. The number of furan rings is 1. The average Bonchev–Trinajstić information content (AvgIpc) is 3.54. The fraction of sp³-hybridized carbons (Fsp3) is 0.152. The van der Waals surface area contributed by atoms with Crippen LogP contribution in [0.3, 0.4) is 0 Å². The standard InChI is InChI=1S/C33H29ClN2O6S/c1-22-9-17-29(18-10-22)43(39,40)35(20-24-11-13-25(34)14-12-24)21-28-16-15-27(42-28)19-30-32(37)31(33(38)41-3)23(2)36(30)26-7-5-4-6-8-26/h4-19H,20-21H2,1-3H3/b30-19+. The summed E-state index contributed by atoms with van der Waals surface area (Å²) < 4.78 is 39.8. The minimum absolute atomic E-state index is 0.0664. The molecule has 220 valence electrons. The molecular weight excluding hydrogens is 588 g/mol. The number of hydrogen-bond donors (Lipinski definition) is 0. The molecule has 0 N–H and O–H groups in total. The van der Waals surface area contributed by atoms with Crippen LogP contribution < -0.4 is 4.90 Å². The number of Topliss-reactive ketones (excluding diaryl/α,β-unsaturated/α-hetero) is 1. The number of carbonyl (C=O) groups is 2. The summed E-state index contributed by atoms with van der Waals surface area (Å²) in [6.45, 7) is 3.58. The molecule has 1 aromatic heterocycles. The SMILES string of the molecule is COC(=O)C1=C(C)N(c2ccccc2)/C(=C/c2ccc(CN(Cc3ccc(Cl)cc3)S(=O)(=O)c3ccc(C)cc3)o2)C1=O. The second kappa shape index (κ2) is 12.4. The normalized spacial score (nSPS) is 14.7. The van der Waals surface area contributed by atoms with Gasteiger partial charge in [0.25, 0.3) is 0 Å². The highest BCUT2D eigenvalue weighted by atomic mass is 35.5. The van der Waals surface area contributed by atoms with Crippen LogP contribution in [0.25, 0.3) is 6.08 Å². The zero-order valence-electron chi connectivity index (χ0n) is 23.8. The van der Waals surface area contributed by atoms with E-state index >= 15 is 0 Å². The fourth-order valence-electron chi connectivity index (χ4n) is 4.81. The lowest BCUT2D eigenvalue weighted by Crippen LogP contribution is -2.30. The first kappa shape index (κ1) is 30.0. The molecule has 3 aromatic carbocycles. The summed E-state index contributed by atoms with van der Waals surface area (Å²) in [7, 11) is -2.69. The van der Waals surface area contributed by atoms with Crippen molar-refractivity contribution in [3.05, 3.63) is 136 Å². The van der Waals surface area contributed by atoms with Crippen molar-refractivity contribution in [1.82, 2.24) is 4.31 Å². The number of aryl methyl sites for hydroxylation is 1. The Bertz CT molecular complexity index is 1830. The van der Waals surface area contributed by atoms with Gasteiger partial charge >= 0.3 is 5.97 Å². The second-order valence-electron chi connectivity index (χ2n) is 10.00. The Kier molecular flexibility index (Phi) is 8.68. The van der Waals surface area contributed by atoms with Gasteiger partial charge in [-0.15, -0.1) is 0 Å². The molecule has 0 spiro atoms. The van der Waals surface area contributed by atoms with Gasteiger partial charge in [0, 0.05) is 29.0 Å². The minimum atomic E-state index is -3.91. The number of halogens is 1. The second-order valence-corrected chi connectivity index (χ2v) is 12.4. The molecule has 0 aliphatic carbocycles. The van der Waals surface area contributed by atoms with Crippen molar-refractivity contribution in [3.8, 4) is 0 Å². The van der Waals surface area contributed by atoms with Gasteiger partial charge in [0.1, 0.15) is 17.1 Å². The Hall–Kier alpha value is -4.44. The fourth-order valence-corrected chi connectivity index (χ4v) is 6.33. The molecule has 0 saturated carbocycles. The molecule has 0 amide bonds. The number of rotatable bonds is 9. The Morgan fingerprint density at radius 3 is 2.26 bits per heavy atom. The van der Waals surface area contributed by atoms with Gasteiger partial charge in [0.2, 0.25) is 15.8 Å². The lowest BCUT2D eigenvalue weighted by Gasteiger charge is -2.22.